The maximum absolute atomic E-state index is 11.8. The number of carbonyl (C=O) groups is 1. The van der Waals surface area contributed by atoms with E-state index in [0.29, 0.717) is 5.92 Å². The normalized spacial score (nSPS) is 20.1. The molecule has 2 N–H and O–H groups in total. The van der Waals surface area contributed by atoms with Crippen LogP contribution in [0.3, 0.4) is 0 Å². The van der Waals surface area contributed by atoms with E-state index in [9.17, 15) is 4.79 Å². The van der Waals surface area contributed by atoms with Crippen LogP contribution in [0, 0.1) is 5.92 Å². The fourth-order valence-corrected chi connectivity index (χ4v) is 2.02. The minimum atomic E-state index is 0.103. The molecule has 0 aromatic heterocycles. The van der Waals surface area contributed by atoms with Crippen LogP contribution in [0.15, 0.2) is 30.3 Å². The maximum Gasteiger partial charge on any atom is 0.246 e. The Morgan fingerprint density at radius 1 is 1.41 bits per heavy atom. The molecular weight excluding hydrogens is 212 g/mol. The van der Waals surface area contributed by atoms with Gasteiger partial charge < -0.3 is 10.6 Å². The molecule has 1 aliphatic rings. The summed E-state index contributed by atoms with van der Waals surface area (Å²) >= 11 is 0. The Bertz CT molecular complexity index is 422. The van der Waals surface area contributed by atoms with Crippen molar-refractivity contribution in [2.75, 3.05) is 18.8 Å². The van der Waals surface area contributed by atoms with E-state index in [2.05, 4.69) is 6.92 Å². The van der Waals surface area contributed by atoms with E-state index in [1.165, 1.54) is 0 Å². The van der Waals surface area contributed by atoms with E-state index in [-0.39, 0.29) is 5.91 Å². The second-order valence-electron chi connectivity index (χ2n) is 4.68. The molecule has 1 aliphatic heterocycles. The number of carbonyl (C=O) groups excluding carboxylic acids is 1. The first-order chi connectivity index (χ1) is 8.15. The lowest BCUT2D eigenvalue weighted by Gasteiger charge is -2.12. The van der Waals surface area contributed by atoms with Gasteiger partial charge in [-0.3, -0.25) is 4.79 Å². The van der Waals surface area contributed by atoms with E-state index in [4.69, 9.17) is 5.73 Å². The van der Waals surface area contributed by atoms with Gasteiger partial charge in [-0.25, -0.2) is 0 Å². The van der Waals surface area contributed by atoms with Crippen molar-refractivity contribution in [3.05, 3.63) is 35.9 Å². The Kier molecular flexibility index (Phi) is 3.47. The van der Waals surface area contributed by atoms with Crippen LogP contribution in [0.1, 0.15) is 18.9 Å². The molecule has 1 heterocycles. The number of anilines is 1. The highest BCUT2D eigenvalue weighted by atomic mass is 16.2. The zero-order valence-corrected chi connectivity index (χ0v) is 10.1. The van der Waals surface area contributed by atoms with Crippen molar-refractivity contribution in [1.82, 2.24) is 4.90 Å². The summed E-state index contributed by atoms with van der Waals surface area (Å²) in [7, 11) is 0. The molecule has 1 saturated heterocycles. The van der Waals surface area contributed by atoms with Crippen LogP contribution < -0.4 is 5.73 Å². The molecule has 1 aromatic rings. The van der Waals surface area contributed by atoms with Gasteiger partial charge in [0.1, 0.15) is 0 Å². The Hall–Kier alpha value is -1.77. The Labute approximate surface area is 102 Å². The van der Waals surface area contributed by atoms with Crippen LogP contribution in [0.4, 0.5) is 5.69 Å². The second kappa shape index (κ2) is 5.04. The molecule has 17 heavy (non-hydrogen) atoms. The first-order valence-electron chi connectivity index (χ1n) is 5.97. The van der Waals surface area contributed by atoms with Gasteiger partial charge in [-0.2, -0.15) is 0 Å². The van der Waals surface area contributed by atoms with E-state index in [1.807, 2.05) is 35.2 Å². The average Bonchev–Trinajstić information content (AvgIpc) is 2.75. The number of likely N-dealkylation sites (tertiary alicyclic amines) is 1. The predicted octanol–water partition coefficient (Wildman–Crippen LogP) is 2.15. The third-order valence-corrected chi connectivity index (χ3v) is 3.09. The Morgan fingerprint density at radius 3 is 2.71 bits per heavy atom. The minimum Gasteiger partial charge on any atom is -0.399 e. The quantitative estimate of drug-likeness (QED) is 0.625. The zero-order chi connectivity index (χ0) is 12.3. The highest BCUT2D eigenvalue weighted by Crippen LogP contribution is 2.15. The summed E-state index contributed by atoms with van der Waals surface area (Å²) in [5, 5.41) is 0. The van der Waals surface area contributed by atoms with Crippen LogP contribution in [-0.4, -0.2) is 23.9 Å². The first kappa shape index (κ1) is 11.7. The van der Waals surface area contributed by atoms with Crippen molar-refractivity contribution in [3.8, 4) is 0 Å². The molecule has 0 saturated carbocycles. The standard InChI is InChI=1S/C14H18N2O/c1-11-8-9-16(10-11)14(17)7-4-12-2-5-13(15)6-3-12/h2-7,11H,8-10,15H2,1H3/b7-4+. The van der Waals surface area contributed by atoms with Crippen LogP contribution in [0.25, 0.3) is 6.08 Å². The van der Waals surface area contributed by atoms with E-state index in [1.54, 1.807) is 6.08 Å². The van der Waals surface area contributed by atoms with Crippen molar-refractivity contribution in [2.45, 2.75) is 13.3 Å². The number of hydrogen-bond acceptors (Lipinski definition) is 2. The van der Waals surface area contributed by atoms with Gasteiger partial charge in [0.05, 0.1) is 0 Å². The fraction of sp³-hybridized carbons (Fsp3) is 0.357. The number of amides is 1. The molecule has 1 unspecified atom stereocenters. The molecule has 1 amide bonds. The van der Waals surface area contributed by atoms with Gasteiger partial charge >= 0.3 is 0 Å². The lowest BCUT2D eigenvalue weighted by Crippen LogP contribution is -2.26. The third-order valence-electron chi connectivity index (χ3n) is 3.09. The zero-order valence-electron chi connectivity index (χ0n) is 10.1. The van der Waals surface area contributed by atoms with Gasteiger partial charge in [0.2, 0.25) is 5.91 Å². The van der Waals surface area contributed by atoms with E-state index < -0.39 is 0 Å². The molecule has 0 radical (unpaired) electrons. The maximum atomic E-state index is 11.8. The molecule has 0 aliphatic carbocycles. The highest BCUT2D eigenvalue weighted by Gasteiger charge is 2.21. The molecular formula is C14H18N2O. The number of benzene rings is 1. The highest BCUT2D eigenvalue weighted by molar-refractivity contribution is 5.92. The monoisotopic (exact) mass is 230 g/mol. The van der Waals surface area contributed by atoms with Crippen LogP contribution in [-0.2, 0) is 4.79 Å². The molecule has 1 fully saturated rings. The van der Waals surface area contributed by atoms with Crippen molar-refractivity contribution in [1.29, 1.82) is 0 Å². The van der Waals surface area contributed by atoms with Gasteiger partial charge in [-0.05, 0) is 36.1 Å². The number of hydrogen-bond donors (Lipinski definition) is 1. The molecule has 2 rings (SSSR count). The van der Waals surface area contributed by atoms with Crippen LogP contribution in [0.5, 0.6) is 0 Å². The number of nitrogens with zero attached hydrogens (tertiary/aromatic N) is 1. The number of nitrogen functional groups attached to an aromatic ring is 1. The topological polar surface area (TPSA) is 46.3 Å². The predicted molar refractivity (Wildman–Crippen MR) is 70.2 cm³/mol. The summed E-state index contributed by atoms with van der Waals surface area (Å²) in [5.74, 6) is 0.732. The summed E-state index contributed by atoms with van der Waals surface area (Å²) < 4.78 is 0. The SMILES string of the molecule is CC1CCN(C(=O)/C=C/c2ccc(N)cc2)C1. The van der Waals surface area contributed by atoms with Crippen molar-refractivity contribution < 1.29 is 4.79 Å². The Balaban J connectivity index is 1.96. The third kappa shape index (κ3) is 3.09. The summed E-state index contributed by atoms with van der Waals surface area (Å²) in [4.78, 5) is 13.7. The Morgan fingerprint density at radius 2 is 2.12 bits per heavy atom. The summed E-state index contributed by atoms with van der Waals surface area (Å²) in [6.45, 7) is 3.94. The second-order valence-corrected chi connectivity index (χ2v) is 4.68. The van der Waals surface area contributed by atoms with Gasteiger partial charge in [0, 0.05) is 24.9 Å². The summed E-state index contributed by atoms with van der Waals surface area (Å²) in [5.41, 5.74) is 7.34. The van der Waals surface area contributed by atoms with Crippen molar-refractivity contribution in [3.63, 3.8) is 0 Å². The summed E-state index contributed by atoms with van der Waals surface area (Å²) in [6.07, 6.45) is 4.59. The molecule has 3 nitrogen and oxygen atoms in total. The van der Waals surface area contributed by atoms with Gasteiger partial charge in [0.25, 0.3) is 0 Å². The van der Waals surface area contributed by atoms with Gasteiger partial charge in [-0.1, -0.05) is 19.1 Å². The average molecular weight is 230 g/mol. The van der Waals surface area contributed by atoms with E-state index in [0.717, 1.165) is 30.8 Å². The van der Waals surface area contributed by atoms with Crippen molar-refractivity contribution in [2.24, 2.45) is 5.92 Å². The lowest BCUT2D eigenvalue weighted by atomic mass is 10.2. The van der Waals surface area contributed by atoms with Crippen LogP contribution >= 0.6 is 0 Å². The van der Waals surface area contributed by atoms with E-state index >= 15 is 0 Å². The molecule has 1 atom stereocenters. The lowest BCUT2D eigenvalue weighted by molar-refractivity contribution is -0.125. The van der Waals surface area contributed by atoms with Crippen LogP contribution in [0.2, 0.25) is 0 Å². The first-order valence-corrected chi connectivity index (χ1v) is 5.97. The molecule has 1 aromatic carbocycles. The fourth-order valence-electron chi connectivity index (χ4n) is 2.02. The molecule has 3 heteroatoms. The molecule has 0 spiro atoms. The van der Waals surface area contributed by atoms with Crippen molar-refractivity contribution >= 4 is 17.7 Å². The number of nitrogens with two attached hydrogens (primary N) is 1. The number of rotatable bonds is 2. The molecule has 0 bridgehead atoms. The largest absolute Gasteiger partial charge is 0.399 e. The smallest absolute Gasteiger partial charge is 0.246 e. The summed E-state index contributed by atoms with van der Waals surface area (Å²) in [6, 6.07) is 7.49. The van der Waals surface area contributed by atoms with Gasteiger partial charge in [-0.15, -0.1) is 0 Å². The molecule has 90 valence electrons. The van der Waals surface area contributed by atoms with Gasteiger partial charge in [0.15, 0.2) is 0 Å². The minimum absolute atomic E-state index is 0.103.